The predicted octanol–water partition coefficient (Wildman–Crippen LogP) is 3.06. The van der Waals surface area contributed by atoms with Gasteiger partial charge in [-0.1, -0.05) is 6.07 Å². The highest BCUT2D eigenvalue weighted by molar-refractivity contribution is 7.86. The molecule has 1 heterocycles. The molecule has 1 atom stereocenters. The summed E-state index contributed by atoms with van der Waals surface area (Å²) in [5.41, 5.74) is 1.97. The number of benzene rings is 1. The van der Waals surface area contributed by atoms with Crippen LogP contribution in [0.3, 0.4) is 0 Å². The third kappa shape index (κ3) is 3.57. The zero-order valence-electron chi connectivity index (χ0n) is 11.7. The van der Waals surface area contributed by atoms with E-state index in [1.807, 2.05) is 18.2 Å². The minimum Gasteiger partial charge on any atom is -0.372 e. The van der Waals surface area contributed by atoms with Gasteiger partial charge >= 0.3 is 0 Å². The number of aromatic nitrogens is 1. The van der Waals surface area contributed by atoms with E-state index < -0.39 is 11.0 Å². The first-order chi connectivity index (χ1) is 9.74. The summed E-state index contributed by atoms with van der Waals surface area (Å²) in [7, 11) is -1.29. The Hall–Kier alpha value is -1.88. The Balaban J connectivity index is 2.14. The van der Waals surface area contributed by atoms with Crippen LogP contribution in [0.1, 0.15) is 13.8 Å². The van der Waals surface area contributed by atoms with Crippen LogP contribution in [0.25, 0.3) is 0 Å². The van der Waals surface area contributed by atoms with Crippen LogP contribution in [0.2, 0.25) is 0 Å². The molecule has 0 fully saturated rings. The second kappa shape index (κ2) is 7.05. The molecular formula is C15H19N3OS. The minimum absolute atomic E-state index is 0.667. The van der Waals surface area contributed by atoms with Gasteiger partial charge in [-0.05, 0) is 44.2 Å². The average molecular weight is 289 g/mol. The summed E-state index contributed by atoms with van der Waals surface area (Å²) >= 11 is 0. The van der Waals surface area contributed by atoms with Crippen LogP contribution in [0.5, 0.6) is 0 Å². The topological polar surface area (TPSA) is 45.2 Å². The molecule has 106 valence electrons. The van der Waals surface area contributed by atoms with Crippen molar-refractivity contribution >= 4 is 22.4 Å². The van der Waals surface area contributed by atoms with Crippen LogP contribution in [0.15, 0.2) is 53.7 Å². The Kier molecular flexibility index (Phi) is 5.12. The first-order valence-electron chi connectivity index (χ1n) is 6.68. The molecule has 20 heavy (non-hydrogen) atoms. The third-order valence-electron chi connectivity index (χ3n) is 3.03. The highest BCUT2D eigenvalue weighted by atomic mass is 32.2. The molecule has 0 radical (unpaired) electrons. The molecule has 1 N–H and O–H groups in total. The molecule has 0 bridgehead atoms. The number of hydrogen-bond acceptors (Lipinski definition) is 3. The summed E-state index contributed by atoms with van der Waals surface area (Å²) in [5, 5.41) is 0. The zero-order valence-corrected chi connectivity index (χ0v) is 12.6. The summed E-state index contributed by atoms with van der Waals surface area (Å²) < 4.78 is 15.2. The fourth-order valence-corrected chi connectivity index (χ4v) is 2.80. The number of pyridine rings is 1. The van der Waals surface area contributed by atoms with Crippen LogP contribution in [-0.2, 0) is 11.0 Å². The van der Waals surface area contributed by atoms with Gasteiger partial charge in [0.2, 0.25) is 0 Å². The lowest BCUT2D eigenvalue weighted by Gasteiger charge is -2.21. The van der Waals surface area contributed by atoms with E-state index in [4.69, 9.17) is 0 Å². The van der Waals surface area contributed by atoms with Gasteiger partial charge in [0, 0.05) is 36.9 Å². The lowest BCUT2D eigenvalue weighted by Crippen LogP contribution is -2.21. The van der Waals surface area contributed by atoms with Crippen molar-refractivity contribution in [3.8, 4) is 0 Å². The molecule has 2 aromatic rings. The Morgan fingerprint density at radius 2 is 2.00 bits per heavy atom. The molecule has 0 aliphatic carbocycles. The van der Waals surface area contributed by atoms with Gasteiger partial charge in [-0.15, -0.1) is 0 Å². The van der Waals surface area contributed by atoms with Gasteiger partial charge in [0.05, 0.1) is 4.90 Å². The normalized spacial score (nSPS) is 11.9. The van der Waals surface area contributed by atoms with Crippen molar-refractivity contribution in [2.75, 3.05) is 22.7 Å². The summed E-state index contributed by atoms with van der Waals surface area (Å²) in [6.45, 7) is 6.14. The van der Waals surface area contributed by atoms with Crippen LogP contribution >= 0.6 is 0 Å². The van der Waals surface area contributed by atoms with Gasteiger partial charge in [-0.2, -0.15) is 0 Å². The minimum atomic E-state index is -1.29. The zero-order chi connectivity index (χ0) is 14.4. The number of hydrogen-bond donors (Lipinski definition) is 1. The summed E-state index contributed by atoms with van der Waals surface area (Å²) in [6, 6.07) is 11.5. The molecule has 4 nitrogen and oxygen atoms in total. The van der Waals surface area contributed by atoms with Gasteiger partial charge in [0.15, 0.2) is 11.0 Å². The molecule has 0 spiro atoms. The Labute approximate surface area is 122 Å². The Morgan fingerprint density at radius 1 is 1.20 bits per heavy atom. The molecule has 1 unspecified atom stereocenters. The molecule has 2 rings (SSSR count). The summed E-state index contributed by atoms with van der Waals surface area (Å²) in [4.78, 5) is 6.89. The third-order valence-corrected chi connectivity index (χ3v) is 4.12. The monoisotopic (exact) mass is 289 g/mol. The maximum Gasteiger partial charge on any atom is 0.151 e. The second-order valence-electron chi connectivity index (χ2n) is 4.28. The molecule has 0 saturated carbocycles. The molecule has 0 amide bonds. The number of anilines is 2. The van der Waals surface area contributed by atoms with Gasteiger partial charge < -0.3 is 9.62 Å². The standard InChI is InChI=1S/C15H19N3OS/c1-3-18(4-2)14-8-5-7-13(11-14)17-20(19)15-9-6-10-16-12-15/h5-12,17H,3-4H2,1-2H3. The maximum absolute atomic E-state index is 12.2. The molecule has 5 heteroatoms. The van der Waals surface area contributed by atoms with E-state index in [0.717, 1.165) is 24.5 Å². The van der Waals surface area contributed by atoms with E-state index in [-0.39, 0.29) is 0 Å². The van der Waals surface area contributed by atoms with E-state index in [1.165, 1.54) is 0 Å². The average Bonchev–Trinajstić information content (AvgIpc) is 2.50. The molecule has 0 aliphatic rings. The van der Waals surface area contributed by atoms with E-state index in [0.29, 0.717) is 4.90 Å². The fraction of sp³-hybridized carbons (Fsp3) is 0.267. The van der Waals surface area contributed by atoms with Crippen molar-refractivity contribution in [2.24, 2.45) is 0 Å². The lowest BCUT2D eigenvalue weighted by atomic mass is 10.2. The first kappa shape index (κ1) is 14.5. The van der Waals surface area contributed by atoms with E-state index >= 15 is 0 Å². The van der Waals surface area contributed by atoms with Crippen LogP contribution in [0, 0.1) is 0 Å². The van der Waals surface area contributed by atoms with E-state index in [2.05, 4.69) is 34.5 Å². The molecular weight excluding hydrogens is 270 g/mol. The van der Waals surface area contributed by atoms with Crippen LogP contribution in [0.4, 0.5) is 11.4 Å². The Morgan fingerprint density at radius 3 is 2.65 bits per heavy atom. The predicted molar refractivity (Wildman–Crippen MR) is 84.3 cm³/mol. The molecule has 0 aliphatic heterocycles. The SMILES string of the molecule is CCN(CC)c1cccc(NS(=O)c2cccnc2)c1. The van der Waals surface area contributed by atoms with Gasteiger partial charge in [0.25, 0.3) is 0 Å². The van der Waals surface area contributed by atoms with Crippen molar-refractivity contribution in [2.45, 2.75) is 18.7 Å². The van der Waals surface area contributed by atoms with E-state index in [9.17, 15) is 4.21 Å². The van der Waals surface area contributed by atoms with Crippen molar-refractivity contribution in [3.05, 3.63) is 48.8 Å². The van der Waals surface area contributed by atoms with Crippen molar-refractivity contribution in [3.63, 3.8) is 0 Å². The van der Waals surface area contributed by atoms with E-state index in [1.54, 1.807) is 24.5 Å². The number of rotatable bonds is 6. The molecule has 0 saturated heterocycles. The van der Waals surface area contributed by atoms with Crippen LogP contribution < -0.4 is 9.62 Å². The highest BCUT2D eigenvalue weighted by Crippen LogP contribution is 2.20. The largest absolute Gasteiger partial charge is 0.372 e. The first-order valence-corrected chi connectivity index (χ1v) is 7.83. The van der Waals surface area contributed by atoms with Crippen molar-refractivity contribution in [1.82, 2.24) is 4.98 Å². The number of nitrogens with zero attached hydrogens (tertiary/aromatic N) is 2. The Bertz CT molecular complexity index is 570. The van der Waals surface area contributed by atoms with Gasteiger partial charge in [-0.25, -0.2) is 4.21 Å². The molecule has 1 aromatic heterocycles. The summed E-state index contributed by atoms with van der Waals surface area (Å²) in [5.74, 6) is 0. The van der Waals surface area contributed by atoms with Crippen molar-refractivity contribution in [1.29, 1.82) is 0 Å². The number of nitrogens with one attached hydrogen (secondary N) is 1. The van der Waals surface area contributed by atoms with Gasteiger partial charge in [-0.3, -0.25) is 4.98 Å². The quantitative estimate of drug-likeness (QED) is 0.889. The maximum atomic E-state index is 12.2. The molecule has 1 aromatic carbocycles. The highest BCUT2D eigenvalue weighted by Gasteiger charge is 2.06. The summed E-state index contributed by atoms with van der Waals surface area (Å²) in [6.07, 6.45) is 3.28. The second-order valence-corrected chi connectivity index (χ2v) is 5.50. The van der Waals surface area contributed by atoms with Crippen molar-refractivity contribution < 1.29 is 4.21 Å². The smallest absolute Gasteiger partial charge is 0.151 e. The fourth-order valence-electron chi connectivity index (χ4n) is 1.98. The van der Waals surface area contributed by atoms with Gasteiger partial charge in [0.1, 0.15) is 0 Å². The lowest BCUT2D eigenvalue weighted by molar-refractivity contribution is 0.686. The van der Waals surface area contributed by atoms with Crippen LogP contribution in [-0.4, -0.2) is 22.3 Å².